The summed E-state index contributed by atoms with van der Waals surface area (Å²) in [6, 6.07) is 4.75. The number of hydrogen-bond acceptors (Lipinski definition) is 5. The van der Waals surface area contributed by atoms with Crippen LogP contribution in [0.15, 0.2) is 18.2 Å². The predicted molar refractivity (Wildman–Crippen MR) is 87.4 cm³/mol. The van der Waals surface area contributed by atoms with Gasteiger partial charge in [-0.05, 0) is 25.1 Å². The topological polar surface area (TPSA) is 52.9 Å². The summed E-state index contributed by atoms with van der Waals surface area (Å²) in [6.45, 7) is 8.96. The SMILES string of the molecule is CCN1CCN(C2CCN(c3cccc(F)c3[N+](=O)[O-])C2)CC1. The number of hydrogen-bond donors (Lipinski definition) is 0. The zero-order chi connectivity index (χ0) is 16.4. The fourth-order valence-corrected chi connectivity index (χ4v) is 3.64. The second kappa shape index (κ2) is 6.80. The first-order valence-corrected chi connectivity index (χ1v) is 8.24. The number of piperazine rings is 1. The van der Waals surface area contributed by atoms with Gasteiger partial charge in [-0.1, -0.05) is 13.0 Å². The van der Waals surface area contributed by atoms with Crippen molar-refractivity contribution in [3.63, 3.8) is 0 Å². The van der Waals surface area contributed by atoms with Crippen molar-refractivity contribution in [2.24, 2.45) is 0 Å². The third-order valence-corrected chi connectivity index (χ3v) is 5.02. The average Bonchev–Trinajstić information content (AvgIpc) is 3.04. The van der Waals surface area contributed by atoms with Gasteiger partial charge in [0.15, 0.2) is 0 Å². The van der Waals surface area contributed by atoms with Gasteiger partial charge in [0.05, 0.1) is 4.92 Å². The quantitative estimate of drug-likeness (QED) is 0.626. The number of halogens is 1. The monoisotopic (exact) mass is 322 g/mol. The number of para-hydroxylation sites is 1. The molecule has 1 unspecified atom stereocenters. The first kappa shape index (κ1) is 16.1. The molecule has 2 aliphatic heterocycles. The lowest BCUT2D eigenvalue weighted by atomic mass is 10.2. The molecule has 2 aliphatic rings. The normalized spacial score (nSPS) is 23.4. The van der Waals surface area contributed by atoms with E-state index in [0.29, 0.717) is 11.7 Å². The van der Waals surface area contributed by atoms with E-state index in [9.17, 15) is 14.5 Å². The molecule has 23 heavy (non-hydrogen) atoms. The Morgan fingerprint density at radius 3 is 2.65 bits per heavy atom. The maximum absolute atomic E-state index is 13.8. The summed E-state index contributed by atoms with van der Waals surface area (Å²) in [5.41, 5.74) is 0.00801. The molecule has 2 saturated heterocycles. The smallest absolute Gasteiger partial charge is 0.327 e. The molecule has 0 saturated carbocycles. The maximum Gasteiger partial charge on any atom is 0.327 e. The van der Waals surface area contributed by atoms with Crippen molar-refractivity contribution >= 4 is 11.4 Å². The summed E-state index contributed by atoms with van der Waals surface area (Å²) in [5, 5.41) is 11.2. The number of nitro benzene ring substituents is 1. The van der Waals surface area contributed by atoms with E-state index in [1.807, 2.05) is 4.90 Å². The minimum absolute atomic E-state index is 0.399. The predicted octanol–water partition coefficient (Wildman–Crippen LogP) is 1.95. The molecule has 2 heterocycles. The van der Waals surface area contributed by atoms with E-state index in [0.717, 1.165) is 58.3 Å². The van der Waals surface area contributed by atoms with E-state index in [2.05, 4.69) is 16.7 Å². The Hall–Kier alpha value is -1.73. The number of nitrogens with zero attached hydrogens (tertiary/aromatic N) is 4. The highest BCUT2D eigenvalue weighted by molar-refractivity contribution is 5.64. The van der Waals surface area contributed by atoms with Gasteiger partial charge in [0.25, 0.3) is 0 Å². The number of rotatable bonds is 4. The minimum Gasteiger partial charge on any atom is -0.364 e. The molecule has 2 fully saturated rings. The van der Waals surface area contributed by atoms with Crippen LogP contribution in [0.4, 0.5) is 15.8 Å². The van der Waals surface area contributed by atoms with Gasteiger partial charge in [0.1, 0.15) is 5.69 Å². The third kappa shape index (κ3) is 3.30. The van der Waals surface area contributed by atoms with Crippen molar-refractivity contribution in [2.75, 3.05) is 50.7 Å². The zero-order valence-electron chi connectivity index (χ0n) is 13.4. The summed E-state index contributed by atoms with van der Waals surface area (Å²) in [4.78, 5) is 17.4. The Balaban J connectivity index is 1.69. The molecule has 1 atom stereocenters. The average molecular weight is 322 g/mol. The molecule has 0 aromatic heterocycles. The fourth-order valence-electron chi connectivity index (χ4n) is 3.64. The van der Waals surface area contributed by atoms with E-state index in [4.69, 9.17) is 0 Å². The molecule has 0 amide bonds. The van der Waals surface area contributed by atoms with Crippen molar-refractivity contribution in [1.29, 1.82) is 0 Å². The maximum atomic E-state index is 13.8. The number of likely N-dealkylation sites (N-methyl/N-ethyl adjacent to an activating group) is 1. The molecule has 126 valence electrons. The van der Waals surface area contributed by atoms with Crippen molar-refractivity contribution in [3.05, 3.63) is 34.1 Å². The van der Waals surface area contributed by atoms with E-state index < -0.39 is 16.4 Å². The van der Waals surface area contributed by atoms with Gasteiger partial charge in [0, 0.05) is 45.3 Å². The summed E-state index contributed by atoms with van der Waals surface area (Å²) in [6.07, 6.45) is 0.972. The van der Waals surface area contributed by atoms with Crippen molar-refractivity contribution < 1.29 is 9.31 Å². The van der Waals surface area contributed by atoms with Gasteiger partial charge >= 0.3 is 5.69 Å². The molecular formula is C16H23FN4O2. The van der Waals surface area contributed by atoms with Gasteiger partial charge in [-0.15, -0.1) is 0 Å². The van der Waals surface area contributed by atoms with E-state index in [-0.39, 0.29) is 0 Å². The van der Waals surface area contributed by atoms with E-state index >= 15 is 0 Å². The molecule has 0 bridgehead atoms. The summed E-state index contributed by atoms with van der Waals surface area (Å²) >= 11 is 0. The summed E-state index contributed by atoms with van der Waals surface area (Å²) in [7, 11) is 0. The van der Waals surface area contributed by atoms with Gasteiger partial charge in [-0.3, -0.25) is 15.0 Å². The molecule has 0 radical (unpaired) electrons. The number of nitro groups is 1. The second-order valence-corrected chi connectivity index (χ2v) is 6.22. The Kier molecular flexibility index (Phi) is 4.77. The van der Waals surface area contributed by atoms with Crippen LogP contribution >= 0.6 is 0 Å². The molecule has 1 aromatic rings. The molecule has 3 rings (SSSR count). The number of benzene rings is 1. The third-order valence-electron chi connectivity index (χ3n) is 5.02. The second-order valence-electron chi connectivity index (χ2n) is 6.22. The van der Waals surface area contributed by atoms with Gasteiger partial charge < -0.3 is 9.80 Å². The highest BCUT2D eigenvalue weighted by Gasteiger charge is 2.33. The van der Waals surface area contributed by atoms with Crippen LogP contribution < -0.4 is 4.90 Å². The van der Waals surface area contributed by atoms with Crippen LogP contribution in [0.5, 0.6) is 0 Å². The summed E-state index contributed by atoms with van der Waals surface area (Å²) < 4.78 is 13.8. The molecule has 0 spiro atoms. The molecule has 1 aromatic carbocycles. The Morgan fingerprint density at radius 1 is 1.26 bits per heavy atom. The molecular weight excluding hydrogens is 299 g/mol. The van der Waals surface area contributed by atoms with Crippen LogP contribution in [0.2, 0.25) is 0 Å². The molecule has 7 heteroatoms. The van der Waals surface area contributed by atoms with E-state index in [1.54, 1.807) is 12.1 Å². The Morgan fingerprint density at radius 2 is 2.00 bits per heavy atom. The van der Waals surface area contributed by atoms with Crippen LogP contribution in [0.25, 0.3) is 0 Å². The lowest BCUT2D eigenvalue weighted by Gasteiger charge is -2.37. The largest absolute Gasteiger partial charge is 0.364 e. The Labute approximate surface area is 135 Å². The fraction of sp³-hybridized carbons (Fsp3) is 0.625. The van der Waals surface area contributed by atoms with Gasteiger partial charge in [-0.25, -0.2) is 0 Å². The van der Waals surface area contributed by atoms with Crippen molar-refractivity contribution in [1.82, 2.24) is 9.80 Å². The van der Waals surface area contributed by atoms with Crippen LogP contribution in [0.3, 0.4) is 0 Å². The highest BCUT2D eigenvalue weighted by Crippen LogP contribution is 2.33. The Bertz CT molecular complexity index is 575. The first-order chi connectivity index (χ1) is 11.1. The van der Waals surface area contributed by atoms with Crippen molar-refractivity contribution in [2.45, 2.75) is 19.4 Å². The van der Waals surface area contributed by atoms with Crippen LogP contribution in [-0.2, 0) is 0 Å². The zero-order valence-corrected chi connectivity index (χ0v) is 13.4. The van der Waals surface area contributed by atoms with Gasteiger partial charge in [0.2, 0.25) is 5.82 Å². The van der Waals surface area contributed by atoms with Crippen LogP contribution in [0, 0.1) is 15.9 Å². The van der Waals surface area contributed by atoms with Crippen LogP contribution in [0.1, 0.15) is 13.3 Å². The molecule has 0 N–H and O–H groups in total. The molecule has 6 nitrogen and oxygen atoms in total. The standard InChI is InChI=1S/C16H23FN4O2/c1-2-18-8-10-19(11-9-18)13-6-7-20(12-13)15-5-3-4-14(17)16(15)21(22)23/h3-5,13H,2,6-12H2,1H3. The summed E-state index contributed by atoms with van der Waals surface area (Å²) in [5.74, 6) is -0.757. The van der Waals surface area contributed by atoms with Gasteiger partial charge in [-0.2, -0.15) is 4.39 Å². The minimum atomic E-state index is -0.757. The lowest BCUT2D eigenvalue weighted by Crippen LogP contribution is -2.50. The first-order valence-electron chi connectivity index (χ1n) is 8.24. The highest BCUT2D eigenvalue weighted by atomic mass is 19.1. The van der Waals surface area contributed by atoms with Crippen molar-refractivity contribution in [3.8, 4) is 0 Å². The number of anilines is 1. The van der Waals surface area contributed by atoms with E-state index in [1.165, 1.54) is 0 Å². The van der Waals surface area contributed by atoms with Crippen LogP contribution in [-0.4, -0.2) is 66.6 Å². The lowest BCUT2D eigenvalue weighted by molar-refractivity contribution is -0.386. The molecule has 0 aliphatic carbocycles.